The number of hydrogen-bond acceptors (Lipinski definition) is 5. The van der Waals surface area contributed by atoms with Crippen LogP contribution in [0.3, 0.4) is 0 Å². The minimum Gasteiger partial charge on any atom is -0.354 e. The second-order valence-electron chi connectivity index (χ2n) is 5.90. The van der Waals surface area contributed by atoms with Gasteiger partial charge in [0.2, 0.25) is 5.91 Å². The smallest absolute Gasteiger partial charge is 0.274 e. The second-order valence-corrected chi connectivity index (χ2v) is 8.94. The average molecular weight is 423 g/mol. The van der Waals surface area contributed by atoms with Crippen LogP contribution in [0.15, 0.2) is 64.7 Å². The Bertz CT molecular complexity index is 1010. The zero-order valence-electron chi connectivity index (χ0n) is 14.9. The summed E-state index contributed by atoms with van der Waals surface area (Å²) >= 11 is 1.01. The monoisotopic (exact) mass is 422 g/mol. The van der Waals surface area contributed by atoms with E-state index in [2.05, 4.69) is 10.3 Å². The van der Waals surface area contributed by atoms with Crippen LogP contribution in [0.5, 0.6) is 0 Å². The van der Waals surface area contributed by atoms with Gasteiger partial charge >= 0.3 is 0 Å². The number of aryl methyl sites for hydroxylation is 1. The highest BCUT2D eigenvalue weighted by atomic mass is 32.2. The molecule has 0 unspecified atom stereocenters. The van der Waals surface area contributed by atoms with Gasteiger partial charge in [-0.1, -0.05) is 18.2 Å². The fourth-order valence-electron chi connectivity index (χ4n) is 2.57. The highest BCUT2D eigenvalue weighted by Crippen LogP contribution is 2.28. The summed E-state index contributed by atoms with van der Waals surface area (Å²) in [7, 11) is -4.06. The topological polar surface area (TPSA) is 84.3 Å². The molecule has 3 aromatic rings. The normalized spacial score (nSPS) is 11.3. The fraction of sp³-hybridized carbons (Fsp3) is 0.222. The molecule has 2 heterocycles. The van der Waals surface area contributed by atoms with Gasteiger partial charge in [0.15, 0.2) is 0 Å². The van der Waals surface area contributed by atoms with Crippen molar-refractivity contribution in [2.45, 2.75) is 17.2 Å². The summed E-state index contributed by atoms with van der Waals surface area (Å²) in [5.74, 6) is -1.22. The van der Waals surface area contributed by atoms with Crippen LogP contribution in [0, 0.1) is 5.82 Å². The highest BCUT2D eigenvalue weighted by molar-refractivity contribution is 7.94. The van der Waals surface area contributed by atoms with Crippen molar-refractivity contribution < 1.29 is 17.6 Å². The van der Waals surface area contributed by atoms with Gasteiger partial charge in [0.25, 0.3) is 10.0 Å². The molecule has 0 spiro atoms. The SMILES string of the molecule is O=C(CN(c1ccccc1F)S(=O)(=O)c1cccs1)NCCCn1ccnc1. The first-order valence-corrected chi connectivity index (χ1v) is 10.8. The number of aromatic nitrogens is 2. The van der Waals surface area contributed by atoms with Crippen molar-refractivity contribution in [2.24, 2.45) is 0 Å². The number of nitrogens with zero attached hydrogens (tertiary/aromatic N) is 3. The molecule has 0 atom stereocenters. The Labute approximate surface area is 166 Å². The molecule has 0 saturated carbocycles. The third-order valence-corrected chi connectivity index (χ3v) is 7.06. The Morgan fingerprint density at radius 2 is 2.07 bits per heavy atom. The summed E-state index contributed by atoms with van der Waals surface area (Å²) in [6.45, 7) is 0.526. The third kappa shape index (κ3) is 4.76. The second kappa shape index (κ2) is 8.98. The van der Waals surface area contributed by atoms with Gasteiger partial charge in [0.05, 0.1) is 12.0 Å². The average Bonchev–Trinajstić information content (AvgIpc) is 3.38. The first kappa shape index (κ1) is 20.0. The molecular weight excluding hydrogens is 403 g/mol. The van der Waals surface area contributed by atoms with E-state index in [0.29, 0.717) is 19.5 Å². The number of carbonyl (C=O) groups is 1. The molecule has 0 aliphatic heterocycles. The standard InChI is InChI=1S/C18H19FN4O3S2/c19-15-5-1-2-6-16(15)23(28(25,26)18-7-3-12-27-18)13-17(24)21-8-4-10-22-11-9-20-14-22/h1-3,5-7,9,11-12,14H,4,8,10,13H2,(H,21,24). The van der Waals surface area contributed by atoms with Crippen LogP contribution in [0.25, 0.3) is 0 Å². The Morgan fingerprint density at radius 1 is 1.25 bits per heavy atom. The molecule has 7 nitrogen and oxygen atoms in total. The summed E-state index contributed by atoms with van der Waals surface area (Å²) < 4.78 is 42.9. The maximum atomic E-state index is 14.3. The van der Waals surface area contributed by atoms with E-state index in [0.717, 1.165) is 21.7 Å². The number of carbonyl (C=O) groups excluding carboxylic acids is 1. The summed E-state index contributed by atoms with van der Waals surface area (Å²) in [6.07, 6.45) is 5.81. The van der Waals surface area contributed by atoms with Crippen molar-refractivity contribution >= 4 is 33.0 Å². The van der Waals surface area contributed by atoms with E-state index in [1.807, 2.05) is 10.8 Å². The fourth-order valence-corrected chi connectivity index (χ4v) is 5.10. The predicted octanol–water partition coefficient (Wildman–Crippen LogP) is 2.49. The maximum absolute atomic E-state index is 14.3. The summed E-state index contributed by atoms with van der Waals surface area (Å²) in [6, 6.07) is 8.51. The van der Waals surface area contributed by atoms with E-state index >= 15 is 0 Å². The van der Waals surface area contributed by atoms with Gasteiger partial charge in [-0.3, -0.25) is 9.10 Å². The minimum absolute atomic E-state index is 0.0451. The molecule has 0 fully saturated rings. The lowest BCUT2D eigenvalue weighted by Gasteiger charge is -2.23. The van der Waals surface area contributed by atoms with Gasteiger partial charge in [0, 0.05) is 25.5 Å². The van der Waals surface area contributed by atoms with E-state index < -0.39 is 28.3 Å². The molecule has 1 N–H and O–H groups in total. The molecule has 0 saturated heterocycles. The summed E-state index contributed by atoms with van der Waals surface area (Å²) in [5, 5.41) is 4.30. The molecule has 28 heavy (non-hydrogen) atoms. The van der Waals surface area contributed by atoms with E-state index in [-0.39, 0.29) is 9.90 Å². The van der Waals surface area contributed by atoms with Crippen LogP contribution in [-0.2, 0) is 21.4 Å². The lowest BCUT2D eigenvalue weighted by atomic mass is 10.3. The van der Waals surface area contributed by atoms with Crippen LogP contribution in [0.1, 0.15) is 6.42 Å². The van der Waals surface area contributed by atoms with E-state index in [1.54, 1.807) is 24.0 Å². The van der Waals surface area contributed by atoms with Crippen LogP contribution < -0.4 is 9.62 Å². The Hall–Kier alpha value is -2.72. The molecule has 2 aromatic heterocycles. The van der Waals surface area contributed by atoms with Gasteiger partial charge in [-0.15, -0.1) is 11.3 Å². The van der Waals surface area contributed by atoms with Crippen molar-refractivity contribution in [1.29, 1.82) is 0 Å². The van der Waals surface area contributed by atoms with Gasteiger partial charge < -0.3 is 9.88 Å². The number of sulfonamides is 1. The maximum Gasteiger partial charge on any atom is 0.274 e. The largest absolute Gasteiger partial charge is 0.354 e. The molecular formula is C18H19FN4O3S2. The predicted molar refractivity (Wildman–Crippen MR) is 105 cm³/mol. The number of thiophene rings is 1. The number of benzene rings is 1. The third-order valence-electron chi connectivity index (χ3n) is 3.92. The molecule has 148 valence electrons. The lowest BCUT2D eigenvalue weighted by Crippen LogP contribution is -2.41. The number of halogens is 1. The number of amides is 1. The molecule has 1 aromatic carbocycles. The van der Waals surface area contributed by atoms with E-state index in [9.17, 15) is 17.6 Å². The van der Waals surface area contributed by atoms with Crippen molar-refractivity contribution in [3.63, 3.8) is 0 Å². The first-order chi connectivity index (χ1) is 13.5. The van der Waals surface area contributed by atoms with Crippen molar-refractivity contribution in [3.05, 3.63) is 66.3 Å². The van der Waals surface area contributed by atoms with Crippen molar-refractivity contribution in [1.82, 2.24) is 14.9 Å². The van der Waals surface area contributed by atoms with E-state index in [1.165, 1.54) is 24.3 Å². The molecule has 1 amide bonds. The molecule has 0 aliphatic rings. The quantitative estimate of drug-likeness (QED) is 0.537. The number of anilines is 1. The number of hydrogen-bond donors (Lipinski definition) is 1. The molecule has 0 bridgehead atoms. The molecule has 0 aliphatic carbocycles. The summed E-state index contributed by atoms with van der Waals surface area (Å²) in [4.78, 5) is 16.3. The first-order valence-electron chi connectivity index (χ1n) is 8.51. The minimum atomic E-state index is -4.06. The van der Waals surface area contributed by atoms with Crippen molar-refractivity contribution in [3.8, 4) is 0 Å². The van der Waals surface area contributed by atoms with E-state index in [4.69, 9.17) is 0 Å². The number of rotatable bonds is 9. The number of para-hydroxylation sites is 1. The van der Waals surface area contributed by atoms with Crippen molar-refractivity contribution in [2.75, 3.05) is 17.4 Å². The van der Waals surface area contributed by atoms with Crippen LogP contribution in [0.2, 0.25) is 0 Å². The Kier molecular flexibility index (Phi) is 6.42. The number of nitrogens with one attached hydrogen (secondary N) is 1. The molecule has 10 heteroatoms. The lowest BCUT2D eigenvalue weighted by molar-refractivity contribution is -0.119. The van der Waals surface area contributed by atoms with Crippen LogP contribution in [-0.4, -0.2) is 37.0 Å². The highest BCUT2D eigenvalue weighted by Gasteiger charge is 2.29. The van der Waals surface area contributed by atoms with Gasteiger partial charge in [-0.2, -0.15) is 0 Å². The van der Waals surface area contributed by atoms with Gasteiger partial charge in [-0.25, -0.2) is 17.8 Å². The van der Waals surface area contributed by atoms with Gasteiger partial charge in [0.1, 0.15) is 16.6 Å². The van der Waals surface area contributed by atoms with Crippen LogP contribution in [0.4, 0.5) is 10.1 Å². The molecule has 3 rings (SSSR count). The zero-order valence-corrected chi connectivity index (χ0v) is 16.5. The summed E-state index contributed by atoms with van der Waals surface area (Å²) in [5.41, 5.74) is -0.163. The zero-order chi connectivity index (χ0) is 20.0. The Balaban J connectivity index is 1.71. The number of imidazole rings is 1. The molecule has 0 radical (unpaired) electrons. The Morgan fingerprint density at radius 3 is 2.75 bits per heavy atom. The van der Waals surface area contributed by atoms with Gasteiger partial charge in [-0.05, 0) is 30.0 Å². The van der Waals surface area contributed by atoms with Crippen LogP contribution >= 0.6 is 11.3 Å².